The highest BCUT2D eigenvalue weighted by Crippen LogP contribution is 2.29. The fraction of sp³-hybridized carbons (Fsp3) is 0.360. The Morgan fingerprint density at radius 1 is 1.28 bits per heavy atom. The molecule has 11 heteroatoms. The molecule has 4 rings (SSSR count). The molecule has 0 saturated carbocycles. The van der Waals surface area contributed by atoms with Crippen molar-refractivity contribution in [2.45, 2.75) is 39.8 Å². The van der Waals surface area contributed by atoms with E-state index < -0.39 is 5.97 Å². The van der Waals surface area contributed by atoms with Gasteiger partial charge in [-0.1, -0.05) is 22.9 Å². The number of nitrogens with zero attached hydrogens (tertiary/aromatic N) is 5. The molecule has 3 heterocycles. The number of carboxylic acids is 1. The normalized spacial score (nSPS) is 12.2. The monoisotopic (exact) mass is 556 g/mol. The number of imidazole rings is 1. The summed E-state index contributed by atoms with van der Waals surface area (Å²) in [5.74, 6) is 0.145. The largest absolute Gasteiger partial charge is 0.478 e. The number of nitrogen functional groups attached to an aromatic ring is 1. The second kappa shape index (κ2) is 10.6. The zero-order chi connectivity index (χ0) is 26.0. The van der Waals surface area contributed by atoms with Gasteiger partial charge in [-0.2, -0.15) is 5.10 Å². The minimum Gasteiger partial charge on any atom is -0.478 e. The van der Waals surface area contributed by atoms with Crippen LogP contribution in [-0.4, -0.2) is 41.6 Å². The number of carbonyl (C=O) groups is 1. The first-order chi connectivity index (χ1) is 17.2. The molecule has 190 valence electrons. The molecule has 0 spiro atoms. The molecule has 1 aromatic carbocycles. The molecule has 0 unspecified atom stereocenters. The quantitative estimate of drug-likeness (QED) is 0.280. The number of pyridine rings is 1. The highest BCUT2D eigenvalue weighted by atomic mass is 79.9. The molecule has 0 aliphatic rings. The van der Waals surface area contributed by atoms with Crippen LogP contribution in [0.1, 0.15) is 37.0 Å². The van der Waals surface area contributed by atoms with Crippen LogP contribution in [0.15, 0.2) is 45.9 Å². The molecule has 0 amide bonds. The molecule has 4 aromatic rings. The van der Waals surface area contributed by atoms with Crippen molar-refractivity contribution in [3.8, 4) is 17.0 Å². The summed E-state index contributed by atoms with van der Waals surface area (Å²) < 4.78 is 12.0. The Bertz CT molecular complexity index is 1470. The molecule has 0 bridgehead atoms. The molecule has 10 nitrogen and oxygen atoms in total. The van der Waals surface area contributed by atoms with Crippen molar-refractivity contribution in [3.05, 3.63) is 57.0 Å². The maximum Gasteiger partial charge on any atom is 0.337 e. The third-order valence-corrected chi connectivity index (χ3v) is 6.66. The van der Waals surface area contributed by atoms with Gasteiger partial charge in [-0.25, -0.2) is 14.5 Å². The number of benzene rings is 1. The van der Waals surface area contributed by atoms with Gasteiger partial charge >= 0.3 is 5.97 Å². The Labute approximate surface area is 216 Å². The first kappa shape index (κ1) is 25.5. The number of ether oxygens (including phenoxy) is 1. The third-order valence-electron chi connectivity index (χ3n) is 6.16. The summed E-state index contributed by atoms with van der Waals surface area (Å²) in [7, 11) is 1.73. The highest BCUT2D eigenvalue weighted by molar-refractivity contribution is 9.10. The van der Waals surface area contributed by atoms with E-state index in [1.54, 1.807) is 18.7 Å². The fourth-order valence-electron chi connectivity index (χ4n) is 4.27. The Hall–Kier alpha value is -3.60. The van der Waals surface area contributed by atoms with E-state index in [1.165, 1.54) is 23.0 Å². The number of halogens is 1. The van der Waals surface area contributed by atoms with Crippen molar-refractivity contribution < 1.29 is 14.6 Å². The summed E-state index contributed by atoms with van der Waals surface area (Å²) in [5, 5.41) is 13.7. The molecule has 0 saturated heterocycles. The van der Waals surface area contributed by atoms with Crippen molar-refractivity contribution >= 4 is 38.9 Å². The number of aryl methyl sites for hydroxylation is 2. The number of hydrogen-bond acceptors (Lipinski definition) is 6. The number of carboxylic acid groups (broad SMARTS) is 1. The second-order valence-corrected chi connectivity index (χ2v) is 9.75. The van der Waals surface area contributed by atoms with Gasteiger partial charge in [0.05, 0.1) is 40.5 Å². The summed E-state index contributed by atoms with van der Waals surface area (Å²) in [6.45, 7) is 5.45. The number of hydrogen-bond donors (Lipinski definition) is 2. The van der Waals surface area contributed by atoms with Crippen molar-refractivity contribution in [2.24, 2.45) is 13.0 Å². The predicted octanol–water partition coefficient (Wildman–Crippen LogP) is 4.16. The zero-order valence-corrected chi connectivity index (χ0v) is 22.0. The Morgan fingerprint density at radius 2 is 2.06 bits per heavy atom. The van der Waals surface area contributed by atoms with E-state index in [0.29, 0.717) is 36.5 Å². The number of aromatic carboxylic acids is 1. The maximum atomic E-state index is 12.9. The predicted molar refractivity (Wildman–Crippen MR) is 141 cm³/mol. The minimum atomic E-state index is -1.10. The summed E-state index contributed by atoms with van der Waals surface area (Å²) >= 11 is 3.51. The Kier molecular flexibility index (Phi) is 7.48. The summed E-state index contributed by atoms with van der Waals surface area (Å²) in [6.07, 6.45) is 4.54. The molecule has 1 atom stereocenters. The van der Waals surface area contributed by atoms with Gasteiger partial charge in [-0.15, -0.1) is 0 Å². The van der Waals surface area contributed by atoms with Gasteiger partial charge in [0.15, 0.2) is 0 Å². The lowest BCUT2D eigenvalue weighted by molar-refractivity contribution is 0.0696. The summed E-state index contributed by atoms with van der Waals surface area (Å²) in [5.41, 5.74) is 8.49. The van der Waals surface area contributed by atoms with Crippen LogP contribution in [0.5, 0.6) is 5.88 Å². The van der Waals surface area contributed by atoms with Crippen LogP contribution < -0.4 is 16.0 Å². The molecular formula is C25H29BrN6O4. The van der Waals surface area contributed by atoms with Crippen molar-refractivity contribution in [1.29, 1.82) is 0 Å². The third kappa shape index (κ3) is 5.15. The second-order valence-electron chi connectivity index (χ2n) is 8.84. The molecule has 36 heavy (non-hydrogen) atoms. The van der Waals surface area contributed by atoms with Gasteiger partial charge in [0.25, 0.3) is 5.56 Å². The van der Waals surface area contributed by atoms with E-state index in [0.717, 1.165) is 34.9 Å². The van der Waals surface area contributed by atoms with Gasteiger partial charge in [0.1, 0.15) is 0 Å². The zero-order valence-electron chi connectivity index (χ0n) is 20.4. The van der Waals surface area contributed by atoms with E-state index in [4.69, 9.17) is 10.5 Å². The highest BCUT2D eigenvalue weighted by Gasteiger charge is 2.19. The number of fused-ring (bicyclic) bond motifs is 1. The van der Waals surface area contributed by atoms with E-state index in [-0.39, 0.29) is 16.7 Å². The van der Waals surface area contributed by atoms with Gasteiger partial charge < -0.3 is 24.7 Å². The van der Waals surface area contributed by atoms with E-state index in [1.807, 2.05) is 22.8 Å². The number of nitrogens with two attached hydrogens (primary N) is 1. The van der Waals surface area contributed by atoms with Crippen LogP contribution in [0.3, 0.4) is 0 Å². The lowest BCUT2D eigenvalue weighted by Gasteiger charge is -2.15. The van der Waals surface area contributed by atoms with Gasteiger partial charge in [-0.05, 0) is 49.9 Å². The topological polar surface area (TPSA) is 130 Å². The van der Waals surface area contributed by atoms with Crippen LogP contribution in [-0.2, 0) is 20.1 Å². The number of aromatic nitrogens is 5. The van der Waals surface area contributed by atoms with Crippen molar-refractivity contribution in [3.63, 3.8) is 0 Å². The summed E-state index contributed by atoms with van der Waals surface area (Å²) in [6, 6.07) is 7.28. The van der Waals surface area contributed by atoms with Crippen LogP contribution in [0.25, 0.3) is 22.2 Å². The van der Waals surface area contributed by atoms with Gasteiger partial charge in [0.2, 0.25) is 11.8 Å². The molecule has 0 aliphatic carbocycles. The lowest BCUT2D eigenvalue weighted by atomic mass is 10.1. The molecule has 3 N–H and O–H groups in total. The van der Waals surface area contributed by atoms with E-state index in [9.17, 15) is 14.7 Å². The van der Waals surface area contributed by atoms with Gasteiger partial charge in [-0.3, -0.25) is 4.79 Å². The molecule has 0 radical (unpaired) electrons. The van der Waals surface area contributed by atoms with Gasteiger partial charge in [0, 0.05) is 30.8 Å². The van der Waals surface area contributed by atoms with Crippen LogP contribution in [0.4, 0.5) is 5.95 Å². The molecule has 3 aromatic heterocycles. The molecular weight excluding hydrogens is 528 g/mol. The Morgan fingerprint density at radius 3 is 2.78 bits per heavy atom. The lowest BCUT2D eigenvalue weighted by Crippen LogP contribution is -2.22. The fourth-order valence-corrected chi connectivity index (χ4v) is 4.62. The van der Waals surface area contributed by atoms with Crippen molar-refractivity contribution in [2.75, 3.05) is 12.3 Å². The number of rotatable bonds is 10. The smallest absolute Gasteiger partial charge is 0.337 e. The van der Waals surface area contributed by atoms with E-state index >= 15 is 0 Å². The first-order valence-electron chi connectivity index (χ1n) is 11.7. The molecule has 0 fully saturated rings. The summed E-state index contributed by atoms with van der Waals surface area (Å²) in [4.78, 5) is 28.9. The number of anilines is 1. The van der Waals surface area contributed by atoms with Crippen LogP contribution in [0.2, 0.25) is 0 Å². The van der Waals surface area contributed by atoms with Crippen LogP contribution >= 0.6 is 15.9 Å². The Balaban J connectivity index is 1.44. The average Bonchev–Trinajstić information content (AvgIpc) is 3.35. The van der Waals surface area contributed by atoms with Crippen molar-refractivity contribution in [1.82, 2.24) is 23.9 Å². The maximum absolute atomic E-state index is 12.9. The van der Waals surface area contributed by atoms with E-state index in [2.05, 4.69) is 32.9 Å². The molecule has 0 aliphatic heterocycles. The average molecular weight is 557 g/mol. The van der Waals surface area contributed by atoms with Crippen LogP contribution in [0, 0.1) is 5.92 Å². The standard InChI is InChI=1S/C25H29BrN6O4/c1-4-31-14-16(24(34)35)10-18(22(31)33)19-12-28-30(3)23(19)36-9-5-6-15(2)13-32-21-11-17(26)7-8-20(21)29-25(32)27/h7-8,10-12,14-15H,4-6,9,13H2,1-3H3,(H2,27,29)(H,34,35)/t15-/m1/s1. The SMILES string of the molecule is CCn1cc(C(=O)O)cc(-c2cnn(C)c2OCCC[C@@H](C)Cn2c(N)nc3ccc(Br)cc32)c1=O. The minimum absolute atomic E-state index is 0.0356. The first-order valence-corrected chi connectivity index (χ1v) is 12.5.